The molecule has 1 aliphatic carbocycles. The van der Waals surface area contributed by atoms with Crippen LogP contribution in [0.4, 0.5) is 0 Å². The van der Waals surface area contributed by atoms with E-state index in [2.05, 4.69) is 4.99 Å². The molecule has 17 heavy (non-hydrogen) atoms. The molecule has 2 rings (SSSR count). The third-order valence-electron chi connectivity index (χ3n) is 3.69. The number of aliphatic hydroxyl groups excluding tert-OH is 1. The van der Waals surface area contributed by atoms with Crippen LogP contribution in [0.15, 0.2) is 4.99 Å². The smallest absolute Gasteiger partial charge is 0.134 e. The molecule has 0 amide bonds. The van der Waals surface area contributed by atoms with Gasteiger partial charge in [0.15, 0.2) is 0 Å². The third kappa shape index (κ3) is 3.55. The second-order valence-corrected chi connectivity index (χ2v) is 7.59. The van der Waals surface area contributed by atoms with E-state index >= 15 is 0 Å². The summed E-state index contributed by atoms with van der Waals surface area (Å²) in [6, 6.07) is 0. The van der Waals surface area contributed by atoms with Crippen molar-refractivity contribution in [2.24, 2.45) is 4.99 Å². The van der Waals surface area contributed by atoms with Gasteiger partial charge in [0.05, 0.1) is 0 Å². The van der Waals surface area contributed by atoms with Crippen molar-refractivity contribution in [3.8, 4) is 0 Å². The van der Waals surface area contributed by atoms with Crippen molar-refractivity contribution in [3.05, 3.63) is 0 Å². The van der Waals surface area contributed by atoms with Crippen LogP contribution < -0.4 is 0 Å². The van der Waals surface area contributed by atoms with Gasteiger partial charge in [-0.15, -0.1) is 0 Å². The van der Waals surface area contributed by atoms with Gasteiger partial charge in [-0.3, -0.25) is 9.79 Å². The van der Waals surface area contributed by atoms with Crippen LogP contribution in [0.1, 0.15) is 44.9 Å². The van der Waals surface area contributed by atoms with Crippen molar-refractivity contribution in [1.82, 2.24) is 0 Å². The van der Waals surface area contributed by atoms with Gasteiger partial charge < -0.3 is 5.11 Å². The zero-order chi connectivity index (χ0) is 12.1. The SMILES string of the molecule is O=C1CCC([SH]2CCN=C2CCCCCO)C1. The summed E-state index contributed by atoms with van der Waals surface area (Å²) in [7, 11) is -0.0905. The van der Waals surface area contributed by atoms with Gasteiger partial charge >= 0.3 is 0 Å². The lowest BCUT2D eigenvalue weighted by Gasteiger charge is -2.24. The fraction of sp³-hybridized carbons (Fsp3) is 0.846. The van der Waals surface area contributed by atoms with E-state index in [-0.39, 0.29) is 10.9 Å². The number of aliphatic hydroxyl groups is 1. The Balaban J connectivity index is 1.78. The number of rotatable bonds is 6. The van der Waals surface area contributed by atoms with Crippen LogP contribution in [0.5, 0.6) is 0 Å². The number of carbonyl (C=O) groups excluding carboxylic acids is 1. The number of hydrogen-bond acceptors (Lipinski definition) is 3. The van der Waals surface area contributed by atoms with E-state index in [1.807, 2.05) is 0 Å². The van der Waals surface area contributed by atoms with Crippen molar-refractivity contribution in [2.75, 3.05) is 18.9 Å². The molecule has 2 aliphatic rings. The Labute approximate surface area is 106 Å². The van der Waals surface area contributed by atoms with Crippen LogP contribution in [0.25, 0.3) is 0 Å². The quantitative estimate of drug-likeness (QED) is 0.565. The number of aliphatic imine (C=N–C) groups is 1. The van der Waals surface area contributed by atoms with Gasteiger partial charge in [0, 0.05) is 31.0 Å². The summed E-state index contributed by atoms with van der Waals surface area (Å²) in [5, 5.41) is 10.8. The Morgan fingerprint density at radius 2 is 2.24 bits per heavy atom. The number of thiol groups is 1. The fourth-order valence-electron chi connectivity index (χ4n) is 2.75. The minimum atomic E-state index is -0.0905. The summed E-state index contributed by atoms with van der Waals surface area (Å²) in [6.07, 6.45) is 7.01. The maximum absolute atomic E-state index is 11.4. The van der Waals surface area contributed by atoms with Crippen molar-refractivity contribution < 1.29 is 9.90 Å². The maximum Gasteiger partial charge on any atom is 0.134 e. The fourth-order valence-corrected chi connectivity index (χ4v) is 5.71. The molecule has 1 saturated carbocycles. The van der Waals surface area contributed by atoms with Crippen molar-refractivity contribution >= 4 is 21.7 Å². The number of carbonyl (C=O) groups is 1. The van der Waals surface area contributed by atoms with Crippen LogP contribution in [0.2, 0.25) is 0 Å². The topological polar surface area (TPSA) is 49.7 Å². The first-order valence-corrected chi connectivity index (χ1v) is 8.33. The third-order valence-corrected chi connectivity index (χ3v) is 6.72. The molecule has 1 heterocycles. The minimum Gasteiger partial charge on any atom is -0.396 e. The van der Waals surface area contributed by atoms with Crippen LogP contribution in [-0.2, 0) is 4.79 Å². The minimum absolute atomic E-state index is 0.0905. The Morgan fingerprint density at radius 3 is 2.94 bits per heavy atom. The average Bonchev–Trinajstić information content (AvgIpc) is 2.93. The second kappa shape index (κ2) is 6.55. The van der Waals surface area contributed by atoms with E-state index in [0.717, 1.165) is 51.5 Å². The predicted molar refractivity (Wildman–Crippen MR) is 74.4 cm³/mol. The van der Waals surface area contributed by atoms with E-state index in [1.165, 1.54) is 10.8 Å². The zero-order valence-corrected chi connectivity index (χ0v) is 11.3. The Morgan fingerprint density at radius 1 is 1.35 bits per heavy atom. The molecule has 1 N–H and O–H groups in total. The van der Waals surface area contributed by atoms with E-state index in [9.17, 15) is 4.79 Å². The van der Waals surface area contributed by atoms with Crippen molar-refractivity contribution in [2.45, 2.75) is 50.2 Å². The highest BCUT2D eigenvalue weighted by Crippen LogP contribution is 2.45. The molecule has 1 fully saturated rings. The number of unbranched alkanes of at least 4 members (excludes halogenated alkanes) is 2. The van der Waals surface area contributed by atoms with E-state index in [0.29, 0.717) is 17.6 Å². The Bertz CT molecular complexity index is 304. The molecule has 3 nitrogen and oxygen atoms in total. The summed E-state index contributed by atoms with van der Waals surface area (Å²) in [5.41, 5.74) is 0. The Hall–Kier alpha value is -0.350. The van der Waals surface area contributed by atoms with Gasteiger partial charge in [0.2, 0.25) is 0 Å². The first-order chi connectivity index (χ1) is 8.31. The highest BCUT2D eigenvalue weighted by Gasteiger charge is 2.31. The number of ketones is 1. The summed E-state index contributed by atoms with van der Waals surface area (Å²) in [4.78, 5) is 16.0. The highest BCUT2D eigenvalue weighted by atomic mass is 32.2. The standard InChI is InChI=1S/C13H23NO2S/c15-8-3-1-2-4-13-14-7-9-17(13)12-6-5-11(16)10-12/h12,15,17H,1-10H2. The molecule has 4 heteroatoms. The van der Waals surface area contributed by atoms with Gasteiger partial charge in [-0.1, -0.05) is 6.42 Å². The van der Waals surface area contributed by atoms with E-state index in [4.69, 9.17) is 5.11 Å². The van der Waals surface area contributed by atoms with Gasteiger partial charge in [-0.05, 0) is 36.7 Å². The molecule has 2 atom stereocenters. The maximum atomic E-state index is 11.4. The first kappa shape index (κ1) is 13.1. The molecule has 0 bridgehead atoms. The summed E-state index contributed by atoms with van der Waals surface area (Å²) in [5.74, 6) is 1.69. The zero-order valence-electron chi connectivity index (χ0n) is 10.4. The van der Waals surface area contributed by atoms with Gasteiger partial charge in [0.1, 0.15) is 5.78 Å². The summed E-state index contributed by atoms with van der Waals surface area (Å²) >= 11 is 0. The van der Waals surface area contributed by atoms with Crippen LogP contribution in [-0.4, -0.2) is 40.1 Å². The summed E-state index contributed by atoms with van der Waals surface area (Å²) in [6.45, 7) is 1.30. The molecular formula is C13H23NO2S. The average molecular weight is 257 g/mol. The second-order valence-electron chi connectivity index (χ2n) is 4.96. The number of nitrogens with zero attached hydrogens (tertiary/aromatic N) is 1. The molecule has 0 aromatic carbocycles. The highest BCUT2D eigenvalue weighted by molar-refractivity contribution is 8.30. The van der Waals surface area contributed by atoms with Crippen LogP contribution >= 0.6 is 10.9 Å². The van der Waals surface area contributed by atoms with Gasteiger partial charge in [0.25, 0.3) is 0 Å². The van der Waals surface area contributed by atoms with Crippen molar-refractivity contribution in [3.63, 3.8) is 0 Å². The van der Waals surface area contributed by atoms with Gasteiger partial charge in [-0.25, -0.2) is 10.9 Å². The predicted octanol–water partition coefficient (Wildman–Crippen LogP) is 2.07. The summed E-state index contributed by atoms with van der Waals surface area (Å²) < 4.78 is 0. The molecule has 0 aromatic heterocycles. The van der Waals surface area contributed by atoms with Gasteiger partial charge in [-0.2, -0.15) is 0 Å². The molecule has 0 saturated heterocycles. The monoisotopic (exact) mass is 257 g/mol. The molecule has 98 valence electrons. The molecule has 1 aliphatic heterocycles. The molecule has 0 radical (unpaired) electrons. The van der Waals surface area contributed by atoms with Crippen LogP contribution in [0, 0.1) is 0 Å². The van der Waals surface area contributed by atoms with Crippen molar-refractivity contribution in [1.29, 1.82) is 0 Å². The molecule has 0 aromatic rings. The molecule has 0 spiro atoms. The Kier molecular flexibility index (Phi) is 5.04. The largest absolute Gasteiger partial charge is 0.396 e. The first-order valence-electron chi connectivity index (χ1n) is 6.74. The van der Waals surface area contributed by atoms with E-state index < -0.39 is 0 Å². The molecule has 2 unspecified atom stereocenters. The number of hydrogen-bond donors (Lipinski definition) is 2. The lowest BCUT2D eigenvalue weighted by Crippen LogP contribution is -2.11. The van der Waals surface area contributed by atoms with E-state index in [1.54, 1.807) is 0 Å². The number of Topliss-reactive ketones (excluding diaryl/α,β-unsaturated/α-hetero) is 1. The van der Waals surface area contributed by atoms with Crippen LogP contribution in [0.3, 0.4) is 0 Å². The molecular weight excluding hydrogens is 234 g/mol. The normalized spacial score (nSPS) is 30.9. The lowest BCUT2D eigenvalue weighted by molar-refractivity contribution is -0.117. The lowest BCUT2D eigenvalue weighted by atomic mass is 10.2.